The average Bonchev–Trinajstić information content (AvgIpc) is 3.02. The molecule has 1 saturated carbocycles. The second-order valence-corrected chi connectivity index (χ2v) is 6.00. The van der Waals surface area contributed by atoms with Gasteiger partial charge in [-0.15, -0.1) is 0 Å². The van der Waals surface area contributed by atoms with Crippen LogP contribution in [0.1, 0.15) is 37.3 Å². The Balaban J connectivity index is 1.61. The highest BCUT2D eigenvalue weighted by Crippen LogP contribution is 2.47. The van der Waals surface area contributed by atoms with Gasteiger partial charge in [0.15, 0.2) is 0 Å². The number of rotatable bonds is 6. The molecular formula is C17H23N3. The van der Waals surface area contributed by atoms with E-state index in [1.165, 1.54) is 24.0 Å². The molecule has 0 saturated heterocycles. The zero-order chi connectivity index (χ0) is 14.0. The van der Waals surface area contributed by atoms with Crippen molar-refractivity contribution < 1.29 is 0 Å². The van der Waals surface area contributed by atoms with E-state index in [1.54, 1.807) is 0 Å². The van der Waals surface area contributed by atoms with Gasteiger partial charge in [0.25, 0.3) is 0 Å². The molecule has 3 nitrogen and oxygen atoms in total. The smallest absolute Gasteiger partial charge is 0.0489 e. The van der Waals surface area contributed by atoms with E-state index in [9.17, 15) is 0 Å². The Kier molecular flexibility index (Phi) is 3.62. The maximum absolute atomic E-state index is 4.26. The Morgan fingerprint density at radius 1 is 1.30 bits per heavy atom. The van der Waals surface area contributed by atoms with Crippen molar-refractivity contribution in [2.75, 3.05) is 0 Å². The van der Waals surface area contributed by atoms with Gasteiger partial charge in [-0.05, 0) is 50.3 Å². The van der Waals surface area contributed by atoms with E-state index in [4.69, 9.17) is 0 Å². The minimum absolute atomic E-state index is 0.231. The lowest BCUT2D eigenvalue weighted by Gasteiger charge is -2.25. The maximum Gasteiger partial charge on any atom is 0.0489 e. The summed E-state index contributed by atoms with van der Waals surface area (Å²) in [6, 6.07) is 11.2. The number of hydrogen-bond acceptors (Lipinski definition) is 2. The summed E-state index contributed by atoms with van der Waals surface area (Å²) >= 11 is 0. The predicted octanol–water partition coefficient (Wildman–Crippen LogP) is 3.25. The van der Waals surface area contributed by atoms with Crippen LogP contribution in [0.4, 0.5) is 0 Å². The summed E-state index contributed by atoms with van der Waals surface area (Å²) in [5.74, 6) is 0. The van der Waals surface area contributed by atoms with Crippen LogP contribution in [-0.4, -0.2) is 15.8 Å². The highest BCUT2D eigenvalue weighted by molar-refractivity contribution is 5.37. The molecule has 1 aromatic heterocycles. The Hall–Kier alpha value is -1.61. The quantitative estimate of drug-likeness (QED) is 0.872. The fourth-order valence-corrected chi connectivity index (χ4v) is 3.03. The van der Waals surface area contributed by atoms with E-state index >= 15 is 0 Å². The zero-order valence-electron chi connectivity index (χ0n) is 12.3. The summed E-state index contributed by atoms with van der Waals surface area (Å²) < 4.78 is 2.01. The first-order valence-corrected chi connectivity index (χ1v) is 7.51. The van der Waals surface area contributed by atoms with Crippen molar-refractivity contribution in [2.24, 2.45) is 0 Å². The molecule has 1 N–H and O–H groups in total. The molecule has 1 atom stereocenters. The standard InChI is InChI=1S/C17H23N3/c1-14-6-3-4-7-16(14)17(9-10-17)19-15(2)8-13-20-12-5-11-18-20/h3-7,11-12,15,19H,8-10,13H2,1-2H3/t15-/m0/s1. The predicted molar refractivity (Wildman–Crippen MR) is 81.5 cm³/mol. The molecule has 0 aliphatic heterocycles. The third-order valence-electron chi connectivity index (χ3n) is 4.28. The highest BCUT2D eigenvalue weighted by atomic mass is 15.3. The van der Waals surface area contributed by atoms with Crippen LogP contribution in [0.15, 0.2) is 42.7 Å². The molecule has 1 heterocycles. The van der Waals surface area contributed by atoms with Crippen LogP contribution < -0.4 is 5.32 Å². The normalized spacial score (nSPS) is 17.9. The van der Waals surface area contributed by atoms with Crippen molar-refractivity contribution in [1.82, 2.24) is 15.1 Å². The van der Waals surface area contributed by atoms with Gasteiger partial charge < -0.3 is 5.32 Å². The molecule has 0 radical (unpaired) electrons. The monoisotopic (exact) mass is 269 g/mol. The molecule has 0 bridgehead atoms. The molecule has 0 amide bonds. The van der Waals surface area contributed by atoms with E-state index in [0.29, 0.717) is 6.04 Å². The summed E-state index contributed by atoms with van der Waals surface area (Å²) in [4.78, 5) is 0. The van der Waals surface area contributed by atoms with E-state index in [-0.39, 0.29) is 5.54 Å². The van der Waals surface area contributed by atoms with Gasteiger partial charge in [0, 0.05) is 30.5 Å². The SMILES string of the molecule is Cc1ccccc1C1(N[C@@H](C)CCn2cccn2)CC1. The molecule has 3 heteroatoms. The number of aromatic nitrogens is 2. The minimum atomic E-state index is 0.231. The number of benzene rings is 1. The lowest BCUT2D eigenvalue weighted by atomic mass is 9.98. The summed E-state index contributed by atoms with van der Waals surface area (Å²) in [6.45, 7) is 5.47. The molecule has 1 aromatic carbocycles. The van der Waals surface area contributed by atoms with Crippen molar-refractivity contribution in [3.8, 4) is 0 Å². The van der Waals surface area contributed by atoms with Crippen LogP contribution in [0, 0.1) is 6.92 Å². The first kappa shape index (κ1) is 13.4. The fourth-order valence-electron chi connectivity index (χ4n) is 3.03. The summed E-state index contributed by atoms with van der Waals surface area (Å²) in [6.07, 6.45) is 7.48. The second-order valence-electron chi connectivity index (χ2n) is 6.00. The molecule has 20 heavy (non-hydrogen) atoms. The Morgan fingerprint density at radius 2 is 2.10 bits per heavy atom. The van der Waals surface area contributed by atoms with Crippen molar-refractivity contribution in [3.63, 3.8) is 0 Å². The van der Waals surface area contributed by atoms with Crippen molar-refractivity contribution in [1.29, 1.82) is 0 Å². The molecule has 1 aliphatic carbocycles. The summed E-state index contributed by atoms with van der Waals surface area (Å²) in [5.41, 5.74) is 3.11. The molecule has 2 aromatic rings. The van der Waals surface area contributed by atoms with Gasteiger partial charge in [-0.2, -0.15) is 5.10 Å². The number of nitrogens with zero attached hydrogens (tertiary/aromatic N) is 2. The van der Waals surface area contributed by atoms with Gasteiger partial charge in [-0.25, -0.2) is 0 Å². The topological polar surface area (TPSA) is 29.9 Å². The van der Waals surface area contributed by atoms with E-state index in [0.717, 1.165) is 13.0 Å². The van der Waals surface area contributed by atoms with Gasteiger partial charge in [0.2, 0.25) is 0 Å². The summed E-state index contributed by atoms with van der Waals surface area (Å²) in [5, 5.41) is 8.11. The number of aryl methyl sites for hydroxylation is 2. The van der Waals surface area contributed by atoms with Crippen LogP contribution >= 0.6 is 0 Å². The van der Waals surface area contributed by atoms with Crippen molar-refractivity contribution in [3.05, 3.63) is 53.9 Å². The third-order valence-corrected chi connectivity index (χ3v) is 4.28. The molecule has 1 fully saturated rings. The summed E-state index contributed by atoms with van der Waals surface area (Å²) in [7, 11) is 0. The van der Waals surface area contributed by atoms with E-state index < -0.39 is 0 Å². The lowest BCUT2D eigenvalue weighted by Crippen LogP contribution is -2.37. The Bertz CT molecular complexity index is 555. The first-order valence-electron chi connectivity index (χ1n) is 7.51. The average molecular weight is 269 g/mol. The largest absolute Gasteiger partial charge is 0.305 e. The van der Waals surface area contributed by atoms with Crippen molar-refractivity contribution >= 4 is 0 Å². The highest BCUT2D eigenvalue weighted by Gasteiger charge is 2.45. The van der Waals surface area contributed by atoms with Gasteiger partial charge in [0.1, 0.15) is 0 Å². The number of hydrogen-bond donors (Lipinski definition) is 1. The first-order chi connectivity index (χ1) is 9.70. The fraction of sp³-hybridized carbons (Fsp3) is 0.471. The Labute approximate surface area is 121 Å². The lowest BCUT2D eigenvalue weighted by molar-refractivity contribution is 0.394. The maximum atomic E-state index is 4.26. The van der Waals surface area contributed by atoms with Crippen LogP contribution in [-0.2, 0) is 12.1 Å². The van der Waals surface area contributed by atoms with Gasteiger partial charge in [-0.1, -0.05) is 24.3 Å². The second kappa shape index (κ2) is 5.41. The van der Waals surface area contributed by atoms with E-state index in [2.05, 4.69) is 48.5 Å². The van der Waals surface area contributed by atoms with Crippen LogP contribution in [0.2, 0.25) is 0 Å². The molecular weight excluding hydrogens is 246 g/mol. The minimum Gasteiger partial charge on any atom is -0.305 e. The molecule has 0 spiro atoms. The zero-order valence-corrected chi connectivity index (χ0v) is 12.3. The Morgan fingerprint density at radius 3 is 2.75 bits per heavy atom. The molecule has 0 unspecified atom stereocenters. The van der Waals surface area contributed by atoms with Crippen LogP contribution in [0.3, 0.4) is 0 Å². The van der Waals surface area contributed by atoms with Crippen LogP contribution in [0.25, 0.3) is 0 Å². The molecule has 3 rings (SSSR count). The number of nitrogens with one attached hydrogen (secondary N) is 1. The van der Waals surface area contributed by atoms with E-state index in [1.807, 2.05) is 23.1 Å². The third kappa shape index (κ3) is 2.78. The van der Waals surface area contributed by atoms with Gasteiger partial charge >= 0.3 is 0 Å². The van der Waals surface area contributed by atoms with Gasteiger partial charge in [0.05, 0.1) is 0 Å². The van der Waals surface area contributed by atoms with Gasteiger partial charge in [-0.3, -0.25) is 4.68 Å². The molecule has 1 aliphatic rings. The van der Waals surface area contributed by atoms with Crippen LogP contribution in [0.5, 0.6) is 0 Å². The van der Waals surface area contributed by atoms with Crippen molar-refractivity contribution in [2.45, 2.75) is 51.2 Å². The molecule has 106 valence electrons.